The summed E-state index contributed by atoms with van der Waals surface area (Å²) in [5, 5.41) is 0. The van der Waals surface area contributed by atoms with Crippen molar-refractivity contribution in [2.75, 3.05) is 0 Å². The Bertz CT molecular complexity index is 109. The Kier molecular flexibility index (Phi) is 9.03. The van der Waals surface area contributed by atoms with E-state index in [2.05, 4.69) is 38.2 Å². The molecule has 0 aliphatic heterocycles. The second kappa shape index (κ2) is 9.48. The Morgan fingerprint density at radius 2 is 1.73 bits per heavy atom. The van der Waals surface area contributed by atoms with E-state index >= 15 is 0 Å². The maximum Gasteiger partial charge on any atom is -0.0348 e. The van der Waals surface area contributed by atoms with Gasteiger partial charge in [0.2, 0.25) is 0 Å². The van der Waals surface area contributed by atoms with Gasteiger partial charge in [0.25, 0.3) is 0 Å². The molecule has 0 aliphatic rings. The van der Waals surface area contributed by atoms with Crippen LogP contribution >= 0.6 is 0 Å². The first kappa shape index (κ1) is 10.5. The van der Waals surface area contributed by atoms with E-state index in [1.165, 1.54) is 19.3 Å². The van der Waals surface area contributed by atoms with Crippen LogP contribution in [0, 0.1) is 6.92 Å². The lowest BCUT2D eigenvalue weighted by molar-refractivity contribution is 0.815. The summed E-state index contributed by atoms with van der Waals surface area (Å²) >= 11 is 0. The number of allylic oxidation sites excluding steroid dienone is 4. The summed E-state index contributed by atoms with van der Waals surface area (Å²) in [6, 6.07) is 0. The van der Waals surface area contributed by atoms with Gasteiger partial charge >= 0.3 is 0 Å². The quantitative estimate of drug-likeness (QED) is 0.399. The van der Waals surface area contributed by atoms with E-state index in [0.717, 1.165) is 12.8 Å². The third-order valence-electron chi connectivity index (χ3n) is 1.48. The molecule has 0 saturated carbocycles. The lowest BCUT2D eigenvalue weighted by atomic mass is 10.2. The molecule has 1 radical (unpaired) electrons. The molecule has 0 N–H and O–H groups in total. The minimum absolute atomic E-state index is 0.999. The third kappa shape index (κ3) is 9.48. The van der Waals surface area contributed by atoms with Gasteiger partial charge in [0.1, 0.15) is 0 Å². The van der Waals surface area contributed by atoms with Crippen molar-refractivity contribution in [2.45, 2.75) is 39.0 Å². The number of unbranched alkanes of at least 4 members (excludes halogenated alkanes) is 3. The van der Waals surface area contributed by atoms with Crippen molar-refractivity contribution in [3.05, 3.63) is 31.2 Å². The predicted molar refractivity (Wildman–Crippen MR) is 52.4 cm³/mol. The number of rotatable bonds is 6. The Morgan fingerprint density at radius 3 is 2.27 bits per heavy atom. The van der Waals surface area contributed by atoms with Crippen molar-refractivity contribution in [1.82, 2.24) is 0 Å². The zero-order valence-electron chi connectivity index (χ0n) is 7.55. The summed E-state index contributed by atoms with van der Waals surface area (Å²) in [6.07, 6.45) is 14.5. The van der Waals surface area contributed by atoms with Gasteiger partial charge in [-0.1, -0.05) is 51.0 Å². The van der Waals surface area contributed by atoms with Crippen LogP contribution < -0.4 is 0 Å². The highest BCUT2D eigenvalue weighted by Crippen LogP contribution is 1.95. The molecule has 0 fully saturated rings. The second-order valence-electron chi connectivity index (χ2n) is 2.64. The van der Waals surface area contributed by atoms with Crippen LogP contribution in [0.1, 0.15) is 39.0 Å². The number of hydrogen-bond acceptors (Lipinski definition) is 0. The summed E-state index contributed by atoms with van der Waals surface area (Å²) in [7, 11) is 0. The molecule has 63 valence electrons. The van der Waals surface area contributed by atoms with Crippen LogP contribution in [0.15, 0.2) is 24.3 Å². The molecule has 0 aromatic carbocycles. The van der Waals surface area contributed by atoms with E-state index in [1.54, 1.807) is 0 Å². The van der Waals surface area contributed by atoms with Crippen LogP contribution in [0.2, 0.25) is 0 Å². The van der Waals surface area contributed by atoms with E-state index in [-0.39, 0.29) is 0 Å². The number of hydrogen-bond donors (Lipinski definition) is 0. The van der Waals surface area contributed by atoms with Crippen molar-refractivity contribution in [1.29, 1.82) is 0 Å². The summed E-state index contributed by atoms with van der Waals surface area (Å²) < 4.78 is 0. The molecule has 0 aromatic rings. The molecule has 0 unspecified atom stereocenters. The largest absolute Gasteiger partial charge is 0.0845 e. The Morgan fingerprint density at radius 1 is 1.09 bits per heavy atom. The standard InChI is InChI=1S/C11H19/c1-3-5-7-9-11-10-8-6-4-2/h7,9-11H,1,3-6,8H2,2H3. The molecule has 0 saturated heterocycles. The van der Waals surface area contributed by atoms with E-state index in [1.807, 2.05) is 0 Å². The Hall–Kier alpha value is -0.520. The van der Waals surface area contributed by atoms with Gasteiger partial charge in [0.05, 0.1) is 0 Å². The predicted octanol–water partition coefficient (Wildman–Crippen LogP) is 3.90. The Labute approximate surface area is 71.0 Å². The third-order valence-corrected chi connectivity index (χ3v) is 1.48. The molecule has 0 heterocycles. The molecule has 0 amide bonds. The highest BCUT2D eigenvalue weighted by molar-refractivity contribution is 5.02. The average molecular weight is 151 g/mol. The van der Waals surface area contributed by atoms with Gasteiger partial charge in [-0.3, -0.25) is 0 Å². The lowest BCUT2D eigenvalue weighted by Crippen LogP contribution is -1.65. The summed E-state index contributed by atoms with van der Waals surface area (Å²) in [4.78, 5) is 0. The topological polar surface area (TPSA) is 0 Å². The van der Waals surface area contributed by atoms with Crippen molar-refractivity contribution in [3.63, 3.8) is 0 Å². The van der Waals surface area contributed by atoms with Gasteiger partial charge in [-0.05, 0) is 19.3 Å². The van der Waals surface area contributed by atoms with E-state index < -0.39 is 0 Å². The van der Waals surface area contributed by atoms with Gasteiger partial charge in [-0.25, -0.2) is 0 Å². The normalized spacial score (nSPS) is 11.8. The Balaban J connectivity index is 3.14. The first-order valence-corrected chi connectivity index (χ1v) is 4.52. The molecule has 0 atom stereocenters. The van der Waals surface area contributed by atoms with Crippen LogP contribution in [-0.4, -0.2) is 0 Å². The zero-order chi connectivity index (χ0) is 8.36. The highest BCUT2D eigenvalue weighted by Gasteiger charge is 1.75. The van der Waals surface area contributed by atoms with Gasteiger partial charge < -0.3 is 0 Å². The van der Waals surface area contributed by atoms with E-state index in [4.69, 9.17) is 0 Å². The van der Waals surface area contributed by atoms with E-state index in [0.29, 0.717) is 0 Å². The van der Waals surface area contributed by atoms with Crippen molar-refractivity contribution in [3.8, 4) is 0 Å². The first-order chi connectivity index (χ1) is 5.41. The van der Waals surface area contributed by atoms with Crippen LogP contribution in [-0.2, 0) is 0 Å². The molecule has 0 spiro atoms. The van der Waals surface area contributed by atoms with E-state index in [9.17, 15) is 0 Å². The lowest BCUT2D eigenvalue weighted by Gasteiger charge is -1.85. The monoisotopic (exact) mass is 151 g/mol. The SMILES string of the molecule is [CH2]CCC=CC=CCCCC. The van der Waals surface area contributed by atoms with Crippen LogP contribution in [0.25, 0.3) is 0 Å². The van der Waals surface area contributed by atoms with Crippen LogP contribution in [0.5, 0.6) is 0 Å². The molecule has 0 heteroatoms. The maximum atomic E-state index is 3.76. The van der Waals surface area contributed by atoms with Crippen molar-refractivity contribution >= 4 is 0 Å². The second-order valence-corrected chi connectivity index (χ2v) is 2.64. The molecule has 0 aromatic heterocycles. The fourth-order valence-electron chi connectivity index (χ4n) is 0.789. The zero-order valence-corrected chi connectivity index (χ0v) is 7.55. The minimum atomic E-state index is 0.999. The minimum Gasteiger partial charge on any atom is -0.0845 e. The molecule has 0 aliphatic carbocycles. The average Bonchev–Trinajstić information content (AvgIpc) is 2.03. The maximum absolute atomic E-state index is 3.76. The van der Waals surface area contributed by atoms with Crippen LogP contribution in [0.4, 0.5) is 0 Å². The smallest absolute Gasteiger partial charge is 0.0348 e. The summed E-state index contributed by atoms with van der Waals surface area (Å²) in [5.74, 6) is 0. The molecule has 0 rings (SSSR count). The molecular weight excluding hydrogens is 132 g/mol. The molecule has 11 heavy (non-hydrogen) atoms. The molecule has 0 nitrogen and oxygen atoms in total. The molecule has 0 bridgehead atoms. The fraction of sp³-hybridized carbons (Fsp3) is 0.545. The van der Waals surface area contributed by atoms with Crippen molar-refractivity contribution in [2.24, 2.45) is 0 Å². The van der Waals surface area contributed by atoms with Gasteiger partial charge in [0, 0.05) is 0 Å². The first-order valence-electron chi connectivity index (χ1n) is 4.52. The van der Waals surface area contributed by atoms with Gasteiger partial charge in [-0.15, -0.1) is 0 Å². The van der Waals surface area contributed by atoms with Crippen molar-refractivity contribution < 1.29 is 0 Å². The summed E-state index contributed by atoms with van der Waals surface area (Å²) in [5.41, 5.74) is 0. The fourth-order valence-corrected chi connectivity index (χ4v) is 0.789. The van der Waals surface area contributed by atoms with Gasteiger partial charge in [-0.2, -0.15) is 0 Å². The highest BCUT2D eigenvalue weighted by atomic mass is 13.8. The molecular formula is C11H19. The summed E-state index contributed by atoms with van der Waals surface area (Å²) in [6.45, 7) is 5.97. The van der Waals surface area contributed by atoms with Crippen LogP contribution in [0.3, 0.4) is 0 Å². The van der Waals surface area contributed by atoms with Gasteiger partial charge in [0.15, 0.2) is 0 Å².